The van der Waals surface area contributed by atoms with E-state index < -0.39 is 0 Å². The van der Waals surface area contributed by atoms with E-state index in [9.17, 15) is 4.79 Å². The Kier molecular flexibility index (Phi) is 5.88. The molecule has 0 atom stereocenters. The van der Waals surface area contributed by atoms with E-state index in [4.69, 9.17) is 10.5 Å². The Morgan fingerprint density at radius 1 is 1.61 bits per heavy atom. The number of rotatable bonds is 6. The van der Waals surface area contributed by atoms with E-state index in [2.05, 4.69) is 22.5 Å². The van der Waals surface area contributed by atoms with Crippen LogP contribution in [0.4, 0.5) is 5.69 Å². The first-order valence-corrected chi connectivity index (χ1v) is 6.33. The Morgan fingerprint density at radius 3 is 2.89 bits per heavy atom. The topological polar surface area (TPSA) is 55.6 Å². The molecule has 0 aromatic heterocycles. The van der Waals surface area contributed by atoms with Crippen LogP contribution in [0, 0.1) is 0 Å². The summed E-state index contributed by atoms with van der Waals surface area (Å²) in [6, 6.07) is 5.14. The van der Waals surface area contributed by atoms with E-state index in [0.717, 1.165) is 4.47 Å². The van der Waals surface area contributed by atoms with Crippen LogP contribution in [0.15, 0.2) is 35.3 Å². The van der Waals surface area contributed by atoms with Crippen LogP contribution < -0.4 is 5.73 Å². The van der Waals surface area contributed by atoms with Crippen molar-refractivity contribution in [2.24, 2.45) is 0 Å². The second-order valence-electron chi connectivity index (χ2n) is 3.77. The van der Waals surface area contributed by atoms with Gasteiger partial charge in [0.05, 0.1) is 6.61 Å². The summed E-state index contributed by atoms with van der Waals surface area (Å²) < 4.78 is 5.71. The number of amides is 1. The summed E-state index contributed by atoms with van der Waals surface area (Å²) in [6.45, 7) is 5.17. The minimum atomic E-state index is -0.0624. The standard InChI is InChI=1S/C13H17BrN2O2/c1-3-6-16(7-8-18-2)13(17)10-4-5-12(15)11(14)9-10/h3-5,9H,1,6-8,15H2,2H3. The molecule has 2 N–H and O–H groups in total. The number of nitrogens with two attached hydrogens (primary N) is 1. The highest BCUT2D eigenvalue weighted by molar-refractivity contribution is 9.10. The molecule has 0 fully saturated rings. The Bertz CT molecular complexity index is 435. The lowest BCUT2D eigenvalue weighted by Crippen LogP contribution is -2.34. The molecule has 0 heterocycles. The fraction of sp³-hybridized carbons (Fsp3) is 0.308. The van der Waals surface area contributed by atoms with E-state index in [1.165, 1.54) is 0 Å². The summed E-state index contributed by atoms with van der Waals surface area (Å²) in [4.78, 5) is 13.9. The lowest BCUT2D eigenvalue weighted by Gasteiger charge is -2.21. The molecule has 1 rings (SSSR count). The summed E-state index contributed by atoms with van der Waals surface area (Å²) >= 11 is 3.31. The third kappa shape index (κ3) is 3.85. The third-order valence-corrected chi connectivity index (χ3v) is 3.14. The van der Waals surface area contributed by atoms with Gasteiger partial charge in [-0.25, -0.2) is 0 Å². The third-order valence-electron chi connectivity index (χ3n) is 2.45. The minimum absolute atomic E-state index is 0.0624. The number of hydrogen-bond acceptors (Lipinski definition) is 3. The molecule has 0 aliphatic rings. The van der Waals surface area contributed by atoms with Crippen molar-refractivity contribution in [2.45, 2.75) is 0 Å². The Balaban J connectivity index is 2.86. The number of carbonyl (C=O) groups is 1. The maximum Gasteiger partial charge on any atom is 0.254 e. The Labute approximate surface area is 116 Å². The minimum Gasteiger partial charge on any atom is -0.398 e. The zero-order valence-electron chi connectivity index (χ0n) is 10.4. The van der Waals surface area contributed by atoms with Gasteiger partial charge >= 0.3 is 0 Å². The van der Waals surface area contributed by atoms with Crippen LogP contribution in [0.2, 0.25) is 0 Å². The molecule has 0 radical (unpaired) electrons. The normalized spacial score (nSPS) is 10.1. The molecule has 0 bridgehead atoms. The van der Waals surface area contributed by atoms with E-state index in [1.54, 1.807) is 36.3 Å². The summed E-state index contributed by atoms with van der Waals surface area (Å²) in [5, 5.41) is 0. The molecule has 18 heavy (non-hydrogen) atoms. The van der Waals surface area contributed by atoms with E-state index in [0.29, 0.717) is 30.9 Å². The van der Waals surface area contributed by atoms with Gasteiger partial charge in [-0.1, -0.05) is 6.08 Å². The highest BCUT2D eigenvalue weighted by Crippen LogP contribution is 2.21. The number of halogens is 1. The van der Waals surface area contributed by atoms with Crippen LogP contribution in [-0.2, 0) is 4.74 Å². The first-order chi connectivity index (χ1) is 8.60. The van der Waals surface area contributed by atoms with Gasteiger partial charge in [0, 0.05) is 35.9 Å². The lowest BCUT2D eigenvalue weighted by molar-refractivity contribution is 0.0718. The average Bonchev–Trinajstić information content (AvgIpc) is 2.37. The van der Waals surface area contributed by atoms with Crippen LogP contribution >= 0.6 is 15.9 Å². The summed E-state index contributed by atoms with van der Waals surface area (Å²) in [7, 11) is 1.61. The molecule has 0 saturated heterocycles. The van der Waals surface area contributed by atoms with Gasteiger partial charge in [-0.2, -0.15) is 0 Å². The van der Waals surface area contributed by atoms with Crippen LogP contribution in [0.3, 0.4) is 0 Å². The van der Waals surface area contributed by atoms with Crippen LogP contribution in [0.25, 0.3) is 0 Å². The van der Waals surface area contributed by atoms with Crippen molar-refractivity contribution >= 4 is 27.5 Å². The highest BCUT2D eigenvalue weighted by Gasteiger charge is 2.15. The van der Waals surface area contributed by atoms with Gasteiger partial charge in [-0.15, -0.1) is 6.58 Å². The number of benzene rings is 1. The molecule has 1 aromatic carbocycles. The predicted octanol–water partition coefficient (Wildman–Crippen LogP) is 2.31. The number of methoxy groups -OCH3 is 1. The van der Waals surface area contributed by atoms with Crippen molar-refractivity contribution in [2.75, 3.05) is 32.5 Å². The molecular formula is C13H17BrN2O2. The second-order valence-corrected chi connectivity index (χ2v) is 4.62. The van der Waals surface area contributed by atoms with Crippen molar-refractivity contribution in [1.29, 1.82) is 0 Å². The van der Waals surface area contributed by atoms with Gasteiger partial charge in [-0.05, 0) is 34.1 Å². The van der Waals surface area contributed by atoms with Crippen molar-refractivity contribution < 1.29 is 9.53 Å². The van der Waals surface area contributed by atoms with Gasteiger partial charge in [-0.3, -0.25) is 4.79 Å². The molecule has 98 valence electrons. The number of nitrogen functional groups attached to an aromatic ring is 1. The molecule has 5 heteroatoms. The molecule has 0 unspecified atom stereocenters. The molecule has 0 aliphatic carbocycles. The average molecular weight is 313 g/mol. The number of hydrogen-bond donors (Lipinski definition) is 1. The van der Waals surface area contributed by atoms with Crippen molar-refractivity contribution in [1.82, 2.24) is 4.90 Å². The monoisotopic (exact) mass is 312 g/mol. The zero-order valence-corrected chi connectivity index (χ0v) is 11.9. The van der Waals surface area contributed by atoms with Crippen molar-refractivity contribution in [3.05, 3.63) is 40.9 Å². The van der Waals surface area contributed by atoms with Gasteiger partial charge in [0.2, 0.25) is 0 Å². The molecule has 1 amide bonds. The first-order valence-electron chi connectivity index (χ1n) is 5.54. The molecule has 4 nitrogen and oxygen atoms in total. The SMILES string of the molecule is C=CCN(CCOC)C(=O)c1ccc(N)c(Br)c1. The van der Waals surface area contributed by atoms with Gasteiger partial charge in [0.15, 0.2) is 0 Å². The molecule has 0 saturated carbocycles. The van der Waals surface area contributed by atoms with E-state index in [1.807, 2.05) is 0 Å². The summed E-state index contributed by atoms with van der Waals surface area (Å²) in [6.07, 6.45) is 1.69. The maximum atomic E-state index is 12.3. The predicted molar refractivity (Wildman–Crippen MR) is 76.5 cm³/mol. The van der Waals surface area contributed by atoms with Crippen LogP contribution in [0.1, 0.15) is 10.4 Å². The molecule has 0 aliphatic heterocycles. The fourth-order valence-corrected chi connectivity index (χ4v) is 1.85. The molecular weight excluding hydrogens is 296 g/mol. The zero-order chi connectivity index (χ0) is 13.5. The first kappa shape index (κ1) is 14.7. The largest absolute Gasteiger partial charge is 0.398 e. The number of ether oxygens (including phenoxy) is 1. The van der Waals surface area contributed by atoms with Gasteiger partial charge < -0.3 is 15.4 Å². The van der Waals surface area contributed by atoms with Crippen molar-refractivity contribution in [3.63, 3.8) is 0 Å². The van der Waals surface area contributed by atoms with Crippen LogP contribution in [-0.4, -0.2) is 37.6 Å². The fourth-order valence-electron chi connectivity index (χ4n) is 1.48. The van der Waals surface area contributed by atoms with E-state index in [-0.39, 0.29) is 5.91 Å². The molecule has 1 aromatic rings. The van der Waals surface area contributed by atoms with Gasteiger partial charge in [0.1, 0.15) is 0 Å². The molecule has 0 spiro atoms. The van der Waals surface area contributed by atoms with Crippen molar-refractivity contribution in [3.8, 4) is 0 Å². The highest BCUT2D eigenvalue weighted by atomic mass is 79.9. The quantitative estimate of drug-likeness (QED) is 0.648. The summed E-state index contributed by atoms with van der Waals surface area (Å²) in [5.74, 6) is -0.0624. The van der Waals surface area contributed by atoms with Gasteiger partial charge in [0.25, 0.3) is 5.91 Å². The Morgan fingerprint density at radius 2 is 2.33 bits per heavy atom. The second kappa shape index (κ2) is 7.18. The Hall–Kier alpha value is -1.33. The maximum absolute atomic E-state index is 12.3. The lowest BCUT2D eigenvalue weighted by atomic mass is 10.2. The van der Waals surface area contributed by atoms with Crippen LogP contribution in [0.5, 0.6) is 0 Å². The number of anilines is 1. The number of nitrogens with zero attached hydrogens (tertiary/aromatic N) is 1. The van der Waals surface area contributed by atoms with E-state index >= 15 is 0 Å². The number of carbonyl (C=O) groups excluding carboxylic acids is 1. The summed E-state index contributed by atoms with van der Waals surface area (Å²) in [5.41, 5.74) is 6.90. The smallest absolute Gasteiger partial charge is 0.254 e.